The van der Waals surface area contributed by atoms with Gasteiger partial charge < -0.3 is 9.57 Å². The molecule has 6 heteroatoms. The first kappa shape index (κ1) is 16.2. The molecule has 0 fully saturated rings. The molecule has 1 unspecified atom stereocenters. The van der Waals surface area contributed by atoms with E-state index in [0.717, 1.165) is 0 Å². The quantitative estimate of drug-likeness (QED) is 0.753. The van der Waals surface area contributed by atoms with Gasteiger partial charge in [-0.2, -0.15) is 0 Å². The van der Waals surface area contributed by atoms with Crippen molar-refractivity contribution in [1.29, 1.82) is 0 Å². The fourth-order valence-corrected chi connectivity index (χ4v) is 2.25. The first-order chi connectivity index (χ1) is 10.5. The van der Waals surface area contributed by atoms with Crippen LogP contribution in [0.25, 0.3) is 0 Å². The van der Waals surface area contributed by atoms with Crippen molar-refractivity contribution in [1.82, 2.24) is 5.06 Å². The van der Waals surface area contributed by atoms with E-state index in [1.165, 1.54) is 12.1 Å². The Kier molecular flexibility index (Phi) is 4.92. The molecule has 1 aliphatic heterocycles. The number of hydrogen-bond donors (Lipinski definition) is 0. The SMILES string of the molecule is CCOC(CC(=O)ON1C(=O)c2ccccc2C1=O)C(C)C. The topological polar surface area (TPSA) is 72.9 Å². The fraction of sp³-hybridized carbons (Fsp3) is 0.438. The predicted octanol–water partition coefficient (Wildman–Crippen LogP) is 2.19. The van der Waals surface area contributed by atoms with Gasteiger partial charge in [0.15, 0.2) is 0 Å². The van der Waals surface area contributed by atoms with Gasteiger partial charge in [-0.1, -0.05) is 31.0 Å². The van der Waals surface area contributed by atoms with Crippen LogP contribution in [0, 0.1) is 5.92 Å². The molecule has 2 amide bonds. The number of hydrogen-bond acceptors (Lipinski definition) is 5. The summed E-state index contributed by atoms with van der Waals surface area (Å²) >= 11 is 0. The molecule has 0 saturated carbocycles. The summed E-state index contributed by atoms with van der Waals surface area (Å²) < 4.78 is 5.46. The Morgan fingerprint density at radius 2 is 1.68 bits per heavy atom. The first-order valence-electron chi connectivity index (χ1n) is 7.25. The third-order valence-corrected chi connectivity index (χ3v) is 3.44. The molecule has 0 aromatic heterocycles. The highest BCUT2D eigenvalue weighted by atomic mass is 16.7. The molecule has 0 bridgehead atoms. The summed E-state index contributed by atoms with van der Waals surface area (Å²) in [5, 5.41) is 0.524. The van der Waals surface area contributed by atoms with Crippen LogP contribution < -0.4 is 0 Å². The molecular weight excluding hydrogens is 286 g/mol. The molecule has 118 valence electrons. The molecular formula is C16H19NO5. The zero-order chi connectivity index (χ0) is 16.3. The van der Waals surface area contributed by atoms with Crippen molar-refractivity contribution in [3.05, 3.63) is 35.4 Å². The number of benzene rings is 1. The second kappa shape index (κ2) is 6.70. The molecule has 1 atom stereocenters. The lowest BCUT2D eigenvalue weighted by molar-refractivity contribution is -0.172. The molecule has 0 N–H and O–H groups in total. The molecule has 1 aromatic carbocycles. The summed E-state index contributed by atoms with van der Waals surface area (Å²) in [5.41, 5.74) is 0.482. The van der Waals surface area contributed by atoms with Gasteiger partial charge >= 0.3 is 5.97 Å². The van der Waals surface area contributed by atoms with Gasteiger partial charge in [0.2, 0.25) is 0 Å². The minimum absolute atomic E-state index is 0.0150. The van der Waals surface area contributed by atoms with Crippen LogP contribution in [-0.4, -0.2) is 35.6 Å². The van der Waals surface area contributed by atoms with E-state index < -0.39 is 17.8 Å². The third-order valence-electron chi connectivity index (χ3n) is 3.44. The van der Waals surface area contributed by atoms with Gasteiger partial charge in [-0.25, -0.2) is 4.79 Å². The van der Waals surface area contributed by atoms with Crippen LogP contribution in [-0.2, 0) is 14.4 Å². The Balaban J connectivity index is 2.04. The van der Waals surface area contributed by atoms with Crippen LogP contribution in [0.2, 0.25) is 0 Å². The number of amides is 2. The lowest BCUT2D eigenvalue weighted by atomic mass is 10.0. The number of nitrogens with zero attached hydrogens (tertiary/aromatic N) is 1. The molecule has 1 aliphatic rings. The second-order valence-electron chi connectivity index (χ2n) is 5.36. The Morgan fingerprint density at radius 3 is 2.14 bits per heavy atom. The van der Waals surface area contributed by atoms with Gasteiger partial charge in [0.25, 0.3) is 11.8 Å². The van der Waals surface area contributed by atoms with Crippen LogP contribution in [0.4, 0.5) is 0 Å². The summed E-state index contributed by atoms with van der Waals surface area (Å²) in [5.74, 6) is -1.78. The van der Waals surface area contributed by atoms with Gasteiger partial charge in [-0.3, -0.25) is 9.59 Å². The number of rotatable bonds is 6. The van der Waals surface area contributed by atoms with Gasteiger partial charge in [0.05, 0.1) is 23.7 Å². The van der Waals surface area contributed by atoms with Crippen molar-refractivity contribution >= 4 is 17.8 Å². The summed E-state index contributed by atoms with van der Waals surface area (Å²) in [4.78, 5) is 41.1. The maximum absolute atomic E-state index is 12.1. The zero-order valence-electron chi connectivity index (χ0n) is 12.9. The van der Waals surface area contributed by atoms with E-state index >= 15 is 0 Å². The van der Waals surface area contributed by atoms with Crippen molar-refractivity contribution in [3.8, 4) is 0 Å². The summed E-state index contributed by atoms with van der Waals surface area (Å²) in [6, 6.07) is 6.36. The monoisotopic (exact) mass is 305 g/mol. The van der Waals surface area contributed by atoms with E-state index in [1.807, 2.05) is 20.8 Å². The number of imide groups is 1. The smallest absolute Gasteiger partial charge is 0.335 e. The van der Waals surface area contributed by atoms with Crippen LogP contribution >= 0.6 is 0 Å². The maximum atomic E-state index is 12.1. The van der Waals surface area contributed by atoms with E-state index in [-0.39, 0.29) is 29.6 Å². The average molecular weight is 305 g/mol. The second-order valence-corrected chi connectivity index (χ2v) is 5.36. The molecule has 1 aromatic rings. The zero-order valence-corrected chi connectivity index (χ0v) is 12.9. The van der Waals surface area contributed by atoms with E-state index in [2.05, 4.69) is 0 Å². The molecule has 0 aliphatic carbocycles. The minimum atomic E-state index is -0.665. The van der Waals surface area contributed by atoms with E-state index in [0.29, 0.717) is 11.7 Å². The van der Waals surface area contributed by atoms with Gasteiger partial charge in [-0.05, 0) is 25.0 Å². The largest absolute Gasteiger partial charge is 0.378 e. The van der Waals surface area contributed by atoms with Crippen molar-refractivity contribution < 1.29 is 24.0 Å². The minimum Gasteiger partial charge on any atom is -0.378 e. The van der Waals surface area contributed by atoms with Crippen molar-refractivity contribution in [3.63, 3.8) is 0 Å². The van der Waals surface area contributed by atoms with Crippen LogP contribution in [0.5, 0.6) is 0 Å². The normalized spacial score (nSPS) is 15.2. The molecule has 1 heterocycles. The number of carbonyl (C=O) groups is 3. The summed E-state index contributed by atoms with van der Waals surface area (Å²) in [6.45, 7) is 6.17. The van der Waals surface area contributed by atoms with Gasteiger partial charge in [-0.15, -0.1) is 0 Å². The molecule has 0 saturated heterocycles. The number of ether oxygens (including phenoxy) is 1. The number of fused-ring (bicyclic) bond motifs is 1. The maximum Gasteiger partial charge on any atom is 0.335 e. The van der Waals surface area contributed by atoms with E-state index in [9.17, 15) is 14.4 Å². The van der Waals surface area contributed by atoms with Crippen molar-refractivity contribution in [2.45, 2.75) is 33.3 Å². The standard InChI is InChI=1S/C16H19NO5/c1-4-21-13(10(2)3)9-14(18)22-17-15(19)11-7-5-6-8-12(11)16(17)20/h5-8,10,13H,4,9H2,1-3H3. The molecule has 22 heavy (non-hydrogen) atoms. The lowest BCUT2D eigenvalue weighted by Gasteiger charge is -2.20. The van der Waals surface area contributed by atoms with Crippen molar-refractivity contribution in [2.24, 2.45) is 5.92 Å². The van der Waals surface area contributed by atoms with Crippen LogP contribution in [0.1, 0.15) is 47.9 Å². The molecule has 2 rings (SSSR count). The molecule has 0 radical (unpaired) electrons. The first-order valence-corrected chi connectivity index (χ1v) is 7.25. The van der Waals surface area contributed by atoms with Crippen LogP contribution in [0.3, 0.4) is 0 Å². The Labute approximate surface area is 129 Å². The summed E-state index contributed by atoms with van der Waals surface area (Å²) in [7, 11) is 0. The van der Waals surface area contributed by atoms with E-state index in [4.69, 9.17) is 9.57 Å². The fourth-order valence-electron chi connectivity index (χ4n) is 2.25. The molecule has 6 nitrogen and oxygen atoms in total. The highest BCUT2D eigenvalue weighted by Gasteiger charge is 2.38. The third kappa shape index (κ3) is 3.17. The Hall–Kier alpha value is -2.21. The van der Waals surface area contributed by atoms with Crippen molar-refractivity contribution in [2.75, 3.05) is 6.61 Å². The number of hydroxylamine groups is 2. The van der Waals surface area contributed by atoms with Gasteiger partial charge in [0.1, 0.15) is 0 Å². The lowest BCUT2D eigenvalue weighted by Crippen LogP contribution is -2.35. The van der Waals surface area contributed by atoms with E-state index in [1.54, 1.807) is 12.1 Å². The van der Waals surface area contributed by atoms with Gasteiger partial charge in [0, 0.05) is 6.61 Å². The summed E-state index contributed by atoms with van der Waals surface area (Å²) in [6.07, 6.45) is -0.327. The molecule has 0 spiro atoms. The highest BCUT2D eigenvalue weighted by molar-refractivity contribution is 6.20. The Bertz CT molecular complexity index is 561. The predicted molar refractivity (Wildman–Crippen MR) is 77.9 cm³/mol. The number of carbonyl (C=O) groups excluding carboxylic acids is 3. The Morgan fingerprint density at radius 1 is 1.14 bits per heavy atom. The average Bonchev–Trinajstić information content (AvgIpc) is 2.72. The highest BCUT2D eigenvalue weighted by Crippen LogP contribution is 2.23. The van der Waals surface area contributed by atoms with Crippen LogP contribution in [0.15, 0.2) is 24.3 Å².